The fourth-order valence-electron chi connectivity index (χ4n) is 5.60. The van der Waals surface area contributed by atoms with Crippen LogP contribution in [0.3, 0.4) is 0 Å². The summed E-state index contributed by atoms with van der Waals surface area (Å²) in [6.07, 6.45) is -13.4. The summed E-state index contributed by atoms with van der Waals surface area (Å²) in [4.78, 5) is 25.2. The van der Waals surface area contributed by atoms with Crippen LogP contribution < -0.4 is 9.80 Å². The molecule has 0 spiro atoms. The van der Waals surface area contributed by atoms with Gasteiger partial charge >= 0.3 is 24.6 Å². The van der Waals surface area contributed by atoms with Crippen LogP contribution in [-0.4, -0.2) is 48.9 Å². The van der Waals surface area contributed by atoms with Crippen LogP contribution in [-0.2, 0) is 36.9 Å². The second-order valence-electron chi connectivity index (χ2n) is 11.1. The summed E-state index contributed by atoms with van der Waals surface area (Å²) in [7, 11) is 1.50. The Kier molecular flexibility index (Phi) is 9.48. The first-order valence-corrected chi connectivity index (χ1v) is 14.7. The lowest BCUT2D eigenvalue weighted by Crippen LogP contribution is -2.48. The quantitative estimate of drug-likeness (QED) is 0.182. The van der Waals surface area contributed by atoms with Crippen LogP contribution in [0.5, 0.6) is 0 Å². The van der Waals surface area contributed by atoms with E-state index in [1.54, 1.807) is 13.8 Å². The highest BCUT2D eigenvalue weighted by atomic mass is 19.4. The third-order valence-electron chi connectivity index (χ3n) is 7.81. The van der Waals surface area contributed by atoms with Crippen molar-refractivity contribution >= 4 is 17.7 Å². The summed E-state index contributed by atoms with van der Waals surface area (Å²) >= 11 is 0. The number of ether oxygens (including phenoxy) is 1. The van der Waals surface area contributed by atoms with Crippen LogP contribution in [0.15, 0.2) is 48.8 Å². The number of hydrogen-bond acceptors (Lipinski definition) is 8. The molecule has 19 heteroatoms. The Hall–Kier alpha value is -4.97. The molecule has 0 aliphatic carbocycles. The van der Waals surface area contributed by atoms with Gasteiger partial charge in [0.25, 0.3) is 0 Å². The van der Waals surface area contributed by atoms with Gasteiger partial charge in [-0.25, -0.2) is 14.8 Å². The van der Waals surface area contributed by atoms with Crippen molar-refractivity contribution in [2.24, 2.45) is 7.05 Å². The van der Waals surface area contributed by atoms with Crippen molar-refractivity contribution in [3.05, 3.63) is 76.6 Å². The average molecular weight is 703 g/mol. The molecule has 3 heterocycles. The van der Waals surface area contributed by atoms with Crippen molar-refractivity contribution in [3.63, 3.8) is 0 Å². The van der Waals surface area contributed by atoms with Crippen LogP contribution in [0.4, 0.5) is 55.9 Å². The average Bonchev–Trinajstić information content (AvgIpc) is 3.47. The minimum absolute atomic E-state index is 0.0138. The van der Waals surface area contributed by atoms with E-state index in [1.807, 2.05) is 0 Å². The van der Waals surface area contributed by atoms with Crippen LogP contribution in [0, 0.1) is 0 Å². The number of aromatic nitrogens is 6. The van der Waals surface area contributed by atoms with Crippen molar-refractivity contribution < 1.29 is 49.0 Å². The van der Waals surface area contributed by atoms with Crippen LogP contribution >= 0.6 is 0 Å². The van der Waals surface area contributed by atoms with Gasteiger partial charge in [-0.2, -0.15) is 44.3 Å². The molecule has 2 aromatic carbocycles. The molecule has 0 N–H and O–H groups in total. The summed E-state index contributed by atoms with van der Waals surface area (Å²) < 4.78 is 130. The topological polar surface area (TPSA) is 102 Å². The number of rotatable bonds is 7. The lowest BCUT2D eigenvalue weighted by Gasteiger charge is -2.44. The van der Waals surface area contributed by atoms with E-state index in [-0.39, 0.29) is 54.1 Å². The molecule has 0 radical (unpaired) electrons. The number of nitrogens with zero attached hydrogens (tertiary/aromatic N) is 8. The van der Waals surface area contributed by atoms with Crippen LogP contribution in [0.2, 0.25) is 0 Å². The van der Waals surface area contributed by atoms with Gasteiger partial charge in [0.2, 0.25) is 11.8 Å². The van der Waals surface area contributed by atoms with Gasteiger partial charge in [0.05, 0.1) is 47.6 Å². The number of benzene rings is 2. The van der Waals surface area contributed by atoms with E-state index in [0.717, 1.165) is 23.0 Å². The first-order valence-electron chi connectivity index (χ1n) is 14.7. The third kappa shape index (κ3) is 7.54. The number of fused-ring (bicyclic) bond motifs is 1. The lowest BCUT2D eigenvalue weighted by atomic mass is 9.87. The zero-order valence-electron chi connectivity index (χ0n) is 25.9. The fourth-order valence-corrected chi connectivity index (χ4v) is 5.60. The van der Waals surface area contributed by atoms with Gasteiger partial charge in [0.1, 0.15) is 0 Å². The smallest absolute Gasteiger partial charge is 0.416 e. The Balaban J connectivity index is 1.72. The molecular formula is C30H27F9N8O2. The molecule has 0 saturated carbocycles. The lowest BCUT2D eigenvalue weighted by molar-refractivity contribution is -0.143. The maximum absolute atomic E-state index is 14.0. The van der Waals surface area contributed by atoms with Crippen LogP contribution in [0.1, 0.15) is 60.5 Å². The Morgan fingerprint density at radius 3 is 2.02 bits per heavy atom. The van der Waals surface area contributed by atoms with Crippen molar-refractivity contribution in [2.45, 2.75) is 63.8 Å². The molecule has 0 unspecified atom stereocenters. The van der Waals surface area contributed by atoms with E-state index in [0.29, 0.717) is 12.1 Å². The van der Waals surface area contributed by atoms with Crippen molar-refractivity contribution in [1.82, 2.24) is 30.2 Å². The third-order valence-corrected chi connectivity index (χ3v) is 7.81. The van der Waals surface area contributed by atoms with Gasteiger partial charge in [-0.15, -0.1) is 10.2 Å². The second-order valence-corrected chi connectivity index (χ2v) is 11.1. The predicted molar refractivity (Wildman–Crippen MR) is 155 cm³/mol. The first-order chi connectivity index (χ1) is 22.9. The van der Waals surface area contributed by atoms with Crippen LogP contribution in [0.25, 0.3) is 11.4 Å². The van der Waals surface area contributed by atoms with Crippen molar-refractivity contribution in [2.75, 3.05) is 16.4 Å². The van der Waals surface area contributed by atoms with E-state index >= 15 is 0 Å². The maximum Gasteiger partial charge on any atom is 0.416 e. The highest BCUT2D eigenvalue weighted by Crippen LogP contribution is 2.46. The molecule has 2 aromatic heterocycles. The van der Waals surface area contributed by atoms with Gasteiger partial charge in [0.15, 0.2) is 0 Å². The zero-order valence-corrected chi connectivity index (χ0v) is 25.9. The van der Waals surface area contributed by atoms with Gasteiger partial charge in [0, 0.05) is 25.0 Å². The molecule has 4 aromatic rings. The molecular weight excluding hydrogens is 675 g/mol. The van der Waals surface area contributed by atoms with Gasteiger partial charge in [-0.05, 0) is 72.5 Å². The highest BCUT2D eigenvalue weighted by Gasteiger charge is 2.42. The monoisotopic (exact) mass is 702 g/mol. The predicted octanol–water partition coefficient (Wildman–Crippen LogP) is 7.62. The maximum atomic E-state index is 14.0. The van der Waals surface area contributed by atoms with E-state index in [1.165, 1.54) is 29.2 Å². The largest absolute Gasteiger partial charge is 0.449 e. The Labute approximate surface area is 272 Å². The SMILES string of the molecule is CCOC(=O)N1c2ccc(C(F)(F)F)cc2[C@@H](N(Cc2cc(C(F)(F)F)cc(C(F)(F)F)c2)c2ncc(-c3nnn(C)n3)cn2)C[C@H]1CC. The molecule has 10 nitrogen and oxygen atoms in total. The van der Waals surface area contributed by atoms with E-state index < -0.39 is 65.5 Å². The molecule has 5 rings (SSSR count). The number of carbonyl (C=O) groups excluding carboxylic acids is 1. The molecule has 49 heavy (non-hydrogen) atoms. The standard InChI is InChI=1S/C30H27F9N8O2/c1-4-21-12-24(22-11-18(28(31,32)33)6-7-23(22)47(21)27(48)49-5-2)46(26-40-13-17(14-41-26)25-42-44-45(3)43-25)15-16-8-19(29(34,35)36)10-20(9-16)30(37,38)39/h6-11,13-14,21,24H,4-5,12,15H2,1-3H3/t21-,24+/m1/s1. The number of alkyl halides is 9. The van der Waals surface area contributed by atoms with Gasteiger partial charge in [-0.1, -0.05) is 6.92 Å². The fraction of sp³-hybridized carbons (Fsp3) is 0.400. The molecule has 0 bridgehead atoms. The number of anilines is 2. The Morgan fingerprint density at radius 1 is 0.898 bits per heavy atom. The number of amides is 1. The molecule has 0 fully saturated rings. The summed E-state index contributed by atoms with van der Waals surface area (Å²) in [5.74, 6) is -0.145. The number of aryl methyl sites for hydroxylation is 1. The minimum atomic E-state index is -5.16. The molecule has 0 saturated heterocycles. The summed E-state index contributed by atoms with van der Waals surface area (Å²) in [6, 6.07) is 1.77. The van der Waals surface area contributed by atoms with Gasteiger partial charge in [-0.3, -0.25) is 4.90 Å². The molecule has 1 amide bonds. The Morgan fingerprint density at radius 2 is 1.51 bits per heavy atom. The van der Waals surface area contributed by atoms with Crippen molar-refractivity contribution in [1.29, 1.82) is 0 Å². The molecule has 1 aliphatic rings. The highest BCUT2D eigenvalue weighted by molar-refractivity contribution is 5.90. The van der Waals surface area contributed by atoms with E-state index in [9.17, 15) is 44.3 Å². The molecule has 262 valence electrons. The van der Waals surface area contributed by atoms with E-state index in [2.05, 4.69) is 25.4 Å². The number of halogens is 9. The number of carbonyl (C=O) groups is 1. The minimum Gasteiger partial charge on any atom is -0.449 e. The first kappa shape index (κ1) is 35.3. The Bertz CT molecular complexity index is 1770. The molecule has 1 aliphatic heterocycles. The van der Waals surface area contributed by atoms with Gasteiger partial charge < -0.3 is 9.64 Å². The van der Waals surface area contributed by atoms with Crippen molar-refractivity contribution in [3.8, 4) is 11.4 Å². The van der Waals surface area contributed by atoms with E-state index in [4.69, 9.17) is 4.74 Å². The normalized spacial score (nSPS) is 16.8. The number of hydrogen-bond donors (Lipinski definition) is 0. The zero-order chi connectivity index (χ0) is 35.9. The summed E-state index contributed by atoms with van der Waals surface area (Å²) in [6.45, 7) is 2.50. The summed E-state index contributed by atoms with van der Waals surface area (Å²) in [5.41, 5.74) is -4.56. The summed E-state index contributed by atoms with van der Waals surface area (Å²) in [5, 5.41) is 11.6. The second kappa shape index (κ2) is 13.1. The number of tetrazole rings is 1. The molecule has 2 atom stereocenters.